The van der Waals surface area contributed by atoms with Crippen molar-refractivity contribution in [3.05, 3.63) is 22.8 Å². The molecule has 1 atom stereocenters. The van der Waals surface area contributed by atoms with Gasteiger partial charge in [0.05, 0.1) is 7.11 Å². The molecule has 0 aliphatic rings. The molecule has 0 amide bonds. The Morgan fingerprint density at radius 2 is 2.20 bits per heavy atom. The molecule has 0 aromatic carbocycles. The van der Waals surface area contributed by atoms with Crippen molar-refractivity contribution >= 4 is 45.0 Å². The molecule has 0 bridgehead atoms. The molecule has 1 aromatic rings. The highest BCUT2D eigenvalue weighted by Gasteiger charge is 2.21. The molecular weight excluding hydrogens is 342 g/mol. The number of nitrogens with one attached hydrogen (secondary N) is 2. The Kier molecular flexibility index (Phi) is 6.87. The Labute approximate surface area is 132 Å². The van der Waals surface area contributed by atoms with Gasteiger partial charge in [-0.1, -0.05) is 13.8 Å². The Balaban J connectivity index is 2.61. The summed E-state index contributed by atoms with van der Waals surface area (Å²) in [6, 6.07) is 3.17. The fraction of sp³-hybridized carbons (Fsp3) is 0.462. The molecule has 1 aromatic heterocycles. The second-order valence-corrected chi connectivity index (χ2v) is 5.99. The molecule has 1 rings (SSSR count). The maximum Gasteiger partial charge on any atom is 0.328 e. The van der Waals surface area contributed by atoms with Crippen molar-refractivity contribution in [3.8, 4) is 0 Å². The third kappa shape index (κ3) is 5.83. The summed E-state index contributed by atoms with van der Waals surface area (Å²) in [6.45, 7) is 4.06. The zero-order valence-corrected chi connectivity index (χ0v) is 14.0. The van der Waals surface area contributed by atoms with Crippen LogP contribution in [0.25, 0.3) is 0 Å². The van der Waals surface area contributed by atoms with Crippen molar-refractivity contribution in [2.45, 2.75) is 26.3 Å². The molecule has 110 valence electrons. The lowest BCUT2D eigenvalue weighted by Crippen LogP contribution is -2.44. The maximum atomic E-state index is 11.7. The van der Waals surface area contributed by atoms with Gasteiger partial charge in [0, 0.05) is 10.7 Å². The van der Waals surface area contributed by atoms with Crippen molar-refractivity contribution in [1.29, 1.82) is 0 Å². The van der Waals surface area contributed by atoms with Crippen molar-refractivity contribution in [2.75, 3.05) is 12.4 Å². The van der Waals surface area contributed by atoms with E-state index in [1.54, 1.807) is 12.3 Å². The van der Waals surface area contributed by atoms with Gasteiger partial charge in [0.1, 0.15) is 11.9 Å². The van der Waals surface area contributed by atoms with Crippen LogP contribution in [0.4, 0.5) is 5.82 Å². The van der Waals surface area contributed by atoms with E-state index in [2.05, 4.69) is 31.5 Å². The van der Waals surface area contributed by atoms with Crippen LogP contribution in [0, 0.1) is 5.92 Å². The number of hydrogen-bond acceptors (Lipinski definition) is 4. The minimum atomic E-state index is -0.463. The molecule has 0 unspecified atom stereocenters. The zero-order valence-electron chi connectivity index (χ0n) is 11.6. The minimum absolute atomic E-state index is 0.327. The molecule has 0 aliphatic carbocycles. The first-order valence-electron chi connectivity index (χ1n) is 6.19. The van der Waals surface area contributed by atoms with E-state index in [1.165, 1.54) is 7.11 Å². The summed E-state index contributed by atoms with van der Waals surface area (Å²) in [4.78, 5) is 15.8. The average Bonchev–Trinajstić information content (AvgIpc) is 2.39. The van der Waals surface area contributed by atoms with E-state index >= 15 is 0 Å². The molecule has 0 spiro atoms. The standard InChI is InChI=1S/C13H18BrN3O2S/c1-8(2)6-10(12(18)19-3)16-13(20)17-11-5-4-9(14)7-15-11/h4-5,7-8,10H,6H2,1-3H3,(H2,15,16,17,20)/t10-/m0/s1. The second kappa shape index (κ2) is 8.16. The predicted molar refractivity (Wildman–Crippen MR) is 86.6 cm³/mol. The van der Waals surface area contributed by atoms with E-state index < -0.39 is 6.04 Å². The number of nitrogens with zero attached hydrogens (tertiary/aromatic N) is 1. The fourth-order valence-electron chi connectivity index (χ4n) is 1.59. The monoisotopic (exact) mass is 359 g/mol. The summed E-state index contributed by atoms with van der Waals surface area (Å²) in [6.07, 6.45) is 2.30. The number of hydrogen-bond donors (Lipinski definition) is 2. The number of halogens is 1. The van der Waals surface area contributed by atoms with Gasteiger partial charge in [0.25, 0.3) is 0 Å². The number of methoxy groups -OCH3 is 1. The van der Waals surface area contributed by atoms with Gasteiger partial charge >= 0.3 is 5.97 Å². The van der Waals surface area contributed by atoms with Crippen molar-refractivity contribution in [1.82, 2.24) is 10.3 Å². The summed E-state index contributed by atoms with van der Waals surface area (Å²) in [5, 5.41) is 6.23. The SMILES string of the molecule is COC(=O)[C@H](CC(C)C)NC(=S)Nc1ccc(Br)cn1. The molecule has 0 fully saturated rings. The minimum Gasteiger partial charge on any atom is -0.467 e. The molecule has 0 saturated carbocycles. The van der Waals surface area contributed by atoms with Gasteiger partial charge in [-0.2, -0.15) is 0 Å². The quantitative estimate of drug-likeness (QED) is 0.622. The largest absolute Gasteiger partial charge is 0.467 e. The lowest BCUT2D eigenvalue weighted by Gasteiger charge is -2.20. The van der Waals surface area contributed by atoms with E-state index in [0.29, 0.717) is 23.3 Å². The highest BCUT2D eigenvalue weighted by molar-refractivity contribution is 9.10. The number of anilines is 1. The number of rotatable bonds is 5. The van der Waals surface area contributed by atoms with Crippen LogP contribution in [0.1, 0.15) is 20.3 Å². The van der Waals surface area contributed by atoms with Gasteiger partial charge in [0.2, 0.25) is 0 Å². The van der Waals surface area contributed by atoms with Gasteiger partial charge in [-0.25, -0.2) is 9.78 Å². The van der Waals surface area contributed by atoms with Gasteiger partial charge in [-0.3, -0.25) is 0 Å². The predicted octanol–water partition coefficient (Wildman–Crippen LogP) is 2.72. The molecule has 2 N–H and O–H groups in total. The van der Waals surface area contributed by atoms with Crippen LogP contribution >= 0.6 is 28.1 Å². The molecule has 0 saturated heterocycles. The average molecular weight is 360 g/mol. The number of aromatic nitrogens is 1. The van der Waals surface area contributed by atoms with Gasteiger partial charge < -0.3 is 15.4 Å². The highest BCUT2D eigenvalue weighted by Crippen LogP contribution is 2.11. The highest BCUT2D eigenvalue weighted by atomic mass is 79.9. The number of carbonyl (C=O) groups is 1. The summed E-state index contributed by atoms with van der Waals surface area (Å²) in [7, 11) is 1.37. The first-order valence-corrected chi connectivity index (χ1v) is 7.39. The lowest BCUT2D eigenvalue weighted by atomic mass is 10.0. The van der Waals surface area contributed by atoms with Crippen LogP contribution in [0.2, 0.25) is 0 Å². The number of carbonyl (C=O) groups excluding carboxylic acids is 1. The Morgan fingerprint density at radius 1 is 1.50 bits per heavy atom. The summed E-state index contributed by atoms with van der Waals surface area (Å²) >= 11 is 8.49. The lowest BCUT2D eigenvalue weighted by molar-refractivity contribution is -0.143. The number of ether oxygens (including phenoxy) is 1. The van der Waals surface area contributed by atoms with Crippen molar-refractivity contribution in [2.24, 2.45) is 5.92 Å². The molecule has 0 radical (unpaired) electrons. The normalized spacial score (nSPS) is 11.8. The Hall–Kier alpha value is -1.21. The molecule has 5 nitrogen and oxygen atoms in total. The van der Waals surface area contributed by atoms with E-state index in [9.17, 15) is 4.79 Å². The smallest absolute Gasteiger partial charge is 0.328 e. The van der Waals surface area contributed by atoms with Crippen LogP contribution in [0.3, 0.4) is 0 Å². The van der Waals surface area contributed by atoms with Crippen molar-refractivity contribution in [3.63, 3.8) is 0 Å². The van der Waals surface area contributed by atoms with E-state index in [0.717, 1.165) is 4.47 Å². The third-order valence-corrected chi connectivity index (χ3v) is 3.16. The maximum absolute atomic E-state index is 11.7. The van der Waals surface area contributed by atoms with Crippen LogP contribution < -0.4 is 10.6 Å². The zero-order chi connectivity index (χ0) is 15.1. The Bertz CT molecular complexity index is 465. The van der Waals surface area contributed by atoms with Crippen LogP contribution in [-0.2, 0) is 9.53 Å². The van der Waals surface area contributed by atoms with Crippen LogP contribution in [0.5, 0.6) is 0 Å². The number of esters is 1. The summed E-state index contributed by atoms with van der Waals surface area (Å²) in [5.41, 5.74) is 0. The van der Waals surface area contributed by atoms with E-state index in [4.69, 9.17) is 17.0 Å². The van der Waals surface area contributed by atoms with Gasteiger partial charge in [-0.05, 0) is 52.6 Å². The van der Waals surface area contributed by atoms with Crippen LogP contribution in [0.15, 0.2) is 22.8 Å². The van der Waals surface area contributed by atoms with Gasteiger partial charge in [0.15, 0.2) is 5.11 Å². The summed E-state index contributed by atoms with van der Waals surface area (Å²) in [5.74, 6) is 0.630. The first kappa shape index (κ1) is 16.8. The second-order valence-electron chi connectivity index (χ2n) is 4.67. The molecule has 7 heteroatoms. The van der Waals surface area contributed by atoms with Crippen LogP contribution in [-0.4, -0.2) is 29.2 Å². The molecule has 1 heterocycles. The summed E-state index contributed by atoms with van der Waals surface area (Å²) < 4.78 is 5.65. The number of thiocarbonyl (C=S) groups is 1. The molecule has 20 heavy (non-hydrogen) atoms. The third-order valence-electron chi connectivity index (χ3n) is 2.47. The Morgan fingerprint density at radius 3 is 2.70 bits per heavy atom. The topological polar surface area (TPSA) is 63.2 Å². The van der Waals surface area contributed by atoms with E-state index in [-0.39, 0.29) is 5.97 Å². The fourth-order valence-corrected chi connectivity index (χ4v) is 2.07. The molecule has 0 aliphatic heterocycles. The van der Waals surface area contributed by atoms with Gasteiger partial charge in [-0.15, -0.1) is 0 Å². The molecular formula is C13H18BrN3O2S. The number of pyridine rings is 1. The first-order chi connectivity index (χ1) is 9.42. The van der Waals surface area contributed by atoms with Crippen molar-refractivity contribution < 1.29 is 9.53 Å². The van der Waals surface area contributed by atoms with E-state index in [1.807, 2.05) is 19.9 Å².